The van der Waals surface area contributed by atoms with E-state index in [9.17, 15) is 4.39 Å². The summed E-state index contributed by atoms with van der Waals surface area (Å²) in [4.78, 5) is 4.00. The molecule has 4 heteroatoms. The molecule has 66 valence electrons. The molecule has 1 N–H and O–H groups in total. The normalized spacial score (nSPS) is 10.6. The van der Waals surface area contributed by atoms with Crippen LogP contribution >= 0.6 is 0 Å². The first-order valence-corrected chi connectivity index (χ1v) is 3.86. The van der Waals surface area contributed by atoms with Crippen molar-refractivity contribution in [1.82, 2.24) is 9.38 Å². The summed E-state index contributed by atoms with van der Waals surface area (Å²) in [5, 5.41) is 7.00. The quantitative estimate of drug-likeness (QED) is 0.663. The fraction of sp³-hybridized carbons (Fsp3) is 0.111. The lowest BCUT2D eigenvalue weighted by molar-refractivity contribution is 0.629. The van der Waals surface area contributed by atoms with Crippen molar-refractivity contribution in [3.05, 3.63) is 35.5 Å². The number of fused-ring (bicyclic) bond motifs is 1. The first-order valence-electron chi connectivity index (χ1n) is 3.86. The Morgan fingerprint density at radius 3 is 3.00 bits per heavy atom. The van der Waals surface area contributed by atoms with Crippen LogP contribution in [0.3, 0.4) is 0 Å². The molecule has 0 bridgehead atoms. The van der Waals surface area contributed by atoms with Crippen molar-refractivity contribution in [3.63, 3.8) is 0 Å². The molecule has 0 unspecified atom stereocenters. The van der Waals surface area contributed by atoms with Gasteiger partial charge in [-0.3, -0.25) is 0 Å². The fourth-order valence-electron chi connectivity index (χ4n) is 1.28. The SMILES string of the molecule is Cc1cn2cc(C=N)cc(F)c2n1. The lowest BCUT2D eigenvalue weighted by atomic mass is 10.3. The first-order chi connectivity index (χ1) is 6.20. The third kappa shape index (κ3) is 1.20. The Morgan fingerprint density at radius 1 is 1.54 bits per heavy atom. The number of imidazole rings is 1. The molecule has 0 amide bonds. The van der Waals surface area contributed by atoms with Gasteiger partial charge in [-0.15, -0.1) is 0 Å². The molecule has 0 fully saturated rings. The number of halogens is 1. The highest BCUT2D eigenvalue weighted by molar-refractivity contribution is 5.77. The van der Waals surface area contributed by atoms with Gasteiger partial charge in [0.2, 0.25) is 0 Å². The zero-order chi connectivity index (χ0) is 9.42. The highest BCUT2D eigenvalue weighted by Gasteiger charge is 2.04. The van der Waals surface area contributed by atoms with E-state index < -0.39 is 5.82 Å². The molecular formula is C9H8FN3. The molecule has 2 aromatic heterocycles. The number of aromatic nitrogens is 2. The number of hydrogen-bond acceptors (Lipinski definition) is 2. The van der Waals surface area contributed by atoms with Crippen LogP contribution in [-0.2, 0) is 0 Å². The van der Waals surface area contributed by atoms with Crippen LogP contribution in [0.15, 0.2) is 18.5 Å². The van der Waals surface area contributed by atoms with Gasteiger partial charge in [-0.2, -0.15) is 0 Å². The summed E-state index contributed by atoms with van der Waals surface area (Å²) >= 11 is 0. The Hall–Kier alpha value is -1.71. The highest BCUT2D eigenvalue weighted by Crippen LogP contribution is 2.10. The summed E-state index contributed by atoms with van der Waals surface area (Å²) < 4.78 is 14.8. The zero-order valence-electron chi connectivity index (χ0n) is 7.08. The fourth-order valence-corrected chi connectivity index (χ4v) is 1.28. The van der Waals surface area contributed by atoms with Gasteiger partial charge >= 0.3 is 0 Å². The largest absolute Gasteiger partial charge is 0.308 e. The molecule has 2 rings (SSSR count). The van der Waals surface area contributed by atoms with E-state index in [0.717, 1.165) is 11.9 Å². The number of pyridine rings is 1. The van der Waals surface area contributed by atoms with Crippen LogP contribution in [0.4, 0.5) is 4.39 Å². The molecule has 0 aliphatic heterocycles. The topological polar surface area (TPSA) is 41.2 Å². The molecule has 0 aliphatic rings. The predicted octanol–water partition coefficient (Wildman–Crippen LogP) is 1.78. The Labute approximate surface area is 74.3 Å². The van der Waals surface area contributed by atoms with Crippen molar-refractivity contribution in [2.75, 3.05) is 0 Å². The van der Waals surface area contributed by atoms with Crippen molar-refractivity contribution in [2.24, 2.45) is 0 Å². The van der Waals surface area contributed by atoms with Gasteiger partial charge in [0, 0.05) is 24.2 Å². The van der Waals surface area contributed by atoms with Crippen LogP contribution in [0, 0.1) is 18.2 Å². The van der Waals surface area contributed by atoms with Gasteiger partial charge in [-0.05, 0) is 13.0 Å². The van der Waals surface area contributed by atoms with Gasteiger partial charge in [0.1, 0.15) is 0 Å². The average molecular weight is 177 g/mol. The molecule has 3 nitrogen and oxygen atoms in total. The maximum absolute atomic E-state index is 13.3. The minimum Gasteiger partial charge on any atom is -0.308 e. The Balaban J connectivity index is 2.82. The smallest absolute Gasteiger partial charge is 0.173 e. The van der Waals surface area contributed by atoms with E-state index in [1.807, 2.05) is 0 Å². The molecule has 0 atom stereocenters. The van der Waals surface area contributed by atoms with Gasteiger partial charge in [-0.1, -0.05) is 0 Å². The molecule has 2 aromatic rings. The van der Waals surface area contributed by atoms with E-state index in [1.165, 1.54) is 6.07 Å². The van der Waals surface area contributed by atoms with Crippen molar-refractivity contribution in [3.8, 4) is 0 Å². The Morgan fingerprint density at radius 2 is 2.31 bits per heavy atom. The van der Waals surface area contributed by atoms with E-state index in [1.54, 1.807) is 23.7 Å². The number of hydrogen-bond donors (Lipinski definition) is 1. The number of nitrogens with zero attached hydrogens (tertiary/aromatic N) is 2. The number of aryl methyl sites for hydroxylation is 1. The summed E-state index contributed by atoms with van der Waals surface area (Å²) in [7, 11) is 0. The number of rotatable bonds is 1. The predicted molar refractivity (Wildman–Crippen MR) is 47.8 cm³/mol. The highest BCUT2D eigenvalue weighted by atomic mass is 19.1. The van der Waals surface area contributed by atoms with Gasteiger partial charge in [0.25, 0.3) is 0 Å². The molecule has 13 heavy (non-hydrogen) atoms. The zero-order valence-corrected chi connectivity index (χ0v) is 7.08. The summed E-state index contributed by atoms with van der Waals surface area (Å²) in [5.41, 5.74) is 1.60. The van der Waals surface area contributed by atoms with E-state index in [4.69, 9.17) is 5.41 Å². The van der Waals surface area contributed by atoms with Crippen LogP contribution in [0.25, 0.3) is 5.65 Å². The maximum atomic E-state index is 13.3. The van der Waals surface area contributed by atoms with E-state index in [2.05, 4.69) is 4.98 Å². The molecule has 2 heterocycles. The van der Waals surface area contributed by atoms with Gasteiger partial charge in [0.05, 0.1) is 5.69 Å². The monoisotopic (exact) mass is 177 g/mol. The summed E-state index contributed by atoms with van der Waals surface area (Å²) in [6.07, 6.45) is 4.51. The standard InChI is InChI=1S/C9H8FN3/c1-6-4-13-5-7(3-11)2-8(10)9(13)12-6/h2-5,11H,1H3. The van der Waals surface area contributed by atoms with Gasteiger partial charge < -0.3 is 9.81 Å². The Bertz CT molecular complexity index is 473. The third-order valence-electron chi connectivity index (χ3n) is 1.81. The molecular weight excluding hydrogens is 169 g/mol. The molecule has 0 aliphatic carbocycles. The molecule has 0 spiro atoms. The van der Waals surface area contributed by atoms with E-state index in [0.29, 0.717) is 11.2 Å². The first kappa shape index (κ1) is 7.91. The lowest BCUT2D eigenvalue weighted by Gasteiger charge is -1.96. The third-order valence-corrected chi connectivity index (χ3v) is 1.81. The molecule has 0 aromatic carbocycles. The van der Waals surface area contributed by atoms with Crippen molar-refractivity contribution in [1.29, 1.82) is 5.41 Å². The van der Waals surface area contributed by atoms with Crippen LogP contribution in [0.2, 0.25) is 0 Å². The second-order valence-electron chi connectivity index (χ2n) is 2.88. The van der Waals surface area contributed by atoms with Crippen molar-refractivity contribution < 1.29 is 4.39 Å². The Kier molecular flexibility index (Phi) is 1.62. The van der Waals surface area contributed by atoms with Crippen molar-refractivity contribution >= 4 is 11.9 Å². The van der Waals surface area contributed by atoms with E-state index >= 15 is 0 Å². The van der Waals surface area contributed by atoms with Crippen LogP contribution in [0.1, 0.15) is 11.3 Å². The maximum Gasteiger partial charge on any atom is 0.173 e. The minimum atomic E-state index is -0.394. The lowest BCUT2D eigenvalue weighted by Crippen LogP contribution is -1.91. The average Bonchev–Trinajstić information content (AvgIpc) is 2.46. The summed E-state index contributed by atoms with van der Waals surface area (Å²) in [5.74, 6) is -0.394. The van der Waals surface area contributed by atoms with Crippen LogP contribution in [0.5, 0.6) is 0 Å². The summed E-state index contributed by atoms with van der Waals surface area (Å²) in [6, 6.07) is 1.30. The molecule has 0 radical (unpaired) electrons. The van der Waals surface area contributed by atoms with Gasteiger partial charge in [-0.25, -0.2) is 9.37 Å². The second kappa shape index (κ2) is 2.65. The summed E-state index contributed by atoms with van der Waals surface area (Å²) in [6.45, 7) is 1.80. The van der Waals surface area contributed by atoms with Crippen LogP contribution in [-0.4, -0.2) is 15.6 Å². The molecule has 0 saturated carbocycles. The minimum absolute atomic E-state index is 0.308. The van der Waals surface area contributed by atoms with Crippen LogP contribution < -0.4 is 0 Å². The number of nitrogens with one attached hydrogen (secondary N) is 1. The van der Waals surface area contributed by atoms with E-state index in [-0.39, 0.29) is 0 Å². The van der Waals surface area contributed by atoms with Crippen molar-refractivity contribution in [2.45, 2.75) is 6.92 Å². The second-order valence-corrected chi connectivity index (χ2v) is 2.88. The molecule has 0 saturated heterocycles. The van der Waals surface area contributed by atoms with Gasteiger partial charge in [0.15, 0.2) is 11.5 Å².